The number of fused-ring (bicyclic) bond motifs is 1. The molecule has 0 radical (unpaired) electrons. The lowest BCUT2D eigenvalue weighted by Crippen LogP contribution is -2.36. The van der Waals surface area contributed by atoms with Crippen molar-refractivity contribution in [3.05, 3.63) is 93.6 Å². The van der Waals surface area contributed by atoms with E-state index in [1.165, 1.54) is 4.68 Å². The molecule has 0 saturated heterocycles. The highest BCUT2D eigenvalue weighted by Gasteiger charge is 2.21. The normalized spacial score (nSPS) is 10.8. The Morgan fingerprint density at radius 2 is 1.51 bits per heavy atom. The summed E-state index contributed by atoms with van der Waals surface area (Å²) in [4.78, 5) is 38.6. The van der Waals surface area contributed by atoms with E-state index in [2.05, 4.69) is 16.1 Å². The number of amides is 3. The third kappa shape index (κ3) is 5.20. The Morgan fingerprint density at radius 3 is 2.23 bits per heavy atom. The smallest absolute Gasteiger partial charge is 0.320 e. The van der Waals surface area contributed by atoms with E-state index in [4.69, 9.17) is 11.6 Å². The number of carbonyl (C=O) groups excluding carboxylic acids is 3. The second-order valence-corrected chi connectivity index (χ2v) is 8.97. The largest absolute Gasteiger partial charge is 0.328 e. The van der Waals surface area contributed by atoms with Gasteiger partial charge in [0.15, 0.2) is 0 Å². The summed E-state index contributed by atoms with van der Waals surface area (Å²) in [6.45, 7) is 7.75. The summed E-state index contributed by atoms with van der Waals surface area (Å²) in [5, 5.41) is 6.59. The van der Waals surface area contributed by atoms with Gasteiger partial charge in [0.1, 0.15) is 5.69 Å². The van der Waals surface area contributed by atoms with E-state index in [1.807, 2.05) is 52.0 Å². The van der Waals surface area contributed by atoms with Crippen LogP contribution in [-0.2, 0) is 9.59 Å². The molecule has 3 amide bonds. The summed E-state index contributed by atoms with van der Waals surface area (Å²) in [5.74, 6) is -2.22. The lowest BCUT2D eigenvalue weighted by molar-refractivity contribution is -0.133. The van der Waals surface area contributed by atoms with Gasteiger partial charge < -0.3 is 10.6 Å². The number of hydrogen-bond acceptors (Lipinski definition) is 3. The molecule has 0 fully saturated rings. The summed E-state index contributed by atoms with van der Waals surface area (Å²) in [6, 6.07) is 17.7. The van der Waals surface area contributed by atoms with Crippen LogP contribution in [0.25, 0.3) is 10.9 Å². The summed E-state index contributed by atoms with van der Waals surface area (Å²) < 4.78 is 1.30. The van der Waals surface area contributed by atoms with Crippen molar-refractivity contribution in [2.45, 2.75) is 27.7 Å². The topological polar surface area (TPSA) is 92.2 Å². The number of aromatic nitrogens is 1. The maximum atomic E-state index is 13.2. The van der Waals surface area contributed by atoms with E-state index in [1.54, 1.807) is 36.4 Å². The molecule has 3 N–H and O–H groups in total. The van der Waals surface area contributed by atoms with Crippen LogP contribution >= 0.6 is 11.6 Å². The first-order valence-electron chi connectivity index (χ1n) is 11.0. The van der Waals surface area contributed by atoms with Gasteiger partial charge in [0.2, 0.25) is 0 Å². The quantitative estimate of drug-likeness (QED) is 0.332. The fourth-order valence-corrected chi connectivity index (χ4v) is 3.95. The Kier molecular flexibility index (Phi) is 6.62. The number of nitrogens with one attached hydrogen (secondary N) is 3. The molecule has 178 valence electrons. The first-order chi connectivity index (χ1) is 16.6. The molecule has 0 aliphatic heterocycles. The van der Waals surface area contributed by atoms with Crippen LogP contribution in [0.4, 0.5) is 11.4 Å². The Labute approximate surface area is 208 Å². The Balaban J connectivity index is 1.63. The van der Waals surface area contributed by atoms with Crippen molar-refractivity contribution in [3.63, 3.8) is 0 Å². The molecule has 0 bridgehead atoms. The highest BCUT2D eigenvalue weighted by Crippen LogP contribution is 2.24. The molecule has 0 saturated carbocycles. The number of hydrogen-bond donors (Lipinski definition) is 3. The Hall–Kier alpha value is -4.10. The minimum Gasteiger partial charge on any atom is -0.320 e. The van der Waals surface area contributed by atoms with Crippen molar-refractivity contribution in [1.82, 2.24) is 4.68 Å². The van der Waals surface area contributed by atoms with Gasteiger partial charge in [0, 0.05) is 21.8 Å². The van der Waals surface area contributed by atoms with Crippen LogP contribution in [0.3, 0.4) is 0 Å². The van der Waals surface area contributed by atoms with Crippen molar-refractivity contribution < 1.29 is 14.4 Å². The molecule has 0 atom stereocenters. The minimum atomic E-state index is -0.920. The van der Waals surface area contributed by atoms with E-state index < -0.39 is 17.7 Å². The maximum absolute atomic E-state index is 13.2. The summed E-state index contributed by atoms with van der Waals surface area (Å²) in [7, 11) is 0. The second-order valence-electron chi connectivity index (χ2n) is 8.53. The molecule has 0 spiro atoms. The second kappa shape index (κ2) is 9.64. The SMILES string of the molecule is Cc1ccc(NC(=O)c2cc3cc(Cl)ccc3n2NC(=O)C(=O)Nc2ccc(C)c(C)c2)c(C)c1. The third-order valence-corrected chi connectivity index (χ3v) is 6.05. The molecule has 4 rings (SSSR count). The molecule has 7 nitrogen and oxygen atoms in total. The fraction of sp³-hybridized carbons (Fsp3) is 0.148. The monoisotopic (exact) mass is 488 g/mol. The summed E-state index contributed by atoms with van der Waals surface area (Å²) in [5.41, 5.74) is 8.41. The van der Waals surface area contributed by atoms with Gasteiger partial charge in [-0.15, -0.1) is 0 Å². The van der Waals surface area contributed by atoms with E-state index in [9.17, 15) is 14.4 Å². The molecular weight excluding hydrogens is 464 g/mol. The lowest BCUT2D eigenvalue weighted by atomic mass is 10.1. The van der Waals surface area contributed by atoms with Crippen molar-refractivity contribution in [2.24, 2.45) is 0 Å². The summed E-state index contributed by atoms with van der Waals surface area (Å²) >= 11 is 6.13. The van der Waals surface area contributed by atoms with Gasteiger partial charge >= 0.3 is 11.8 Å². The number of halogens is 1. The number of anilines is 2. The zero-order valence-corrected chi connectivity index (χ0v) is 20.6. The fourth-order valence-electron chi connectivity index (χ4n) is 3.77. The number of rotatable bonds is 4. The van der Waals surface area contributed by atoms with Gasteiger partial charge in [-0.05, 0) is 86.8 Å². The van der Waals surface area contributed by atoms with Crippen LogP contribution < -0.4 is 16.1 Å². The number of nitrogens with zero attached hydrogens (tertiary/aromatic N) is 1. The zero-order chi connectivity index (χ0) is 25.3. The van der Waals surface area contributed by atoms with Crippen LogP contribution in [0.1, 0.15) is 32.7 Å². The van der Waals surface area contributed by atoms with Crippen molar-refractivity contribution >= 4 is 51.6 Å². The van der Waals surface area contributed by atoms with E-state index in [0.29, 0.717) is 27.3 Å². The van der Waals surface area contributed by atoms with Crippen LogP contribution in [0, 0.1) is 27.7 Å². The standard InChI is InChI=1S/C27H25ClN4O3/c1-15-5-9-22(18(4)11-15)30-25(33)24-14-19-13-20(28)7-10-23(19)32(24)31-27(35)26(34)29-21-8-6-16(2)17(3)12-21/h5-14H,1-4H3,(H,29,34)(H,30,33)(H,31,35). The Bertz CT molecular complexity index is 1490. The van der Waals surface area contributed by atoms with Crippen LogP contribution in [0.2, 0.25) is 5.02 Å². The predicted octanol–water partition coefficient (Wildman–Crippen LogP) is 5.49. The molecular formula is C27H25ClN4O3. The van der Waals surface area contributed by atoms with Crippen LogP contribution in [0.15, 0.2) is 60.7 Å². The number of benzene rings is 3. The molecule has 0 unspecified atom stereocenters. The van der Waals surface area contributed by atoms with Gasteiger partial charge in [0.05, 0.1) is 5.52 Å². The molecule has 0 aliphatic rings. The molecule has 3 aromatic carbocycles. The van der Waals surface area contributed by atoms with E-state index in [-0.39, 0.29) is 5.69 Å². The molecule has 1 heterocycles. The van der Waals surface area contributed by atoms with Gasteiger partial charge in [0.25, 0.3) is 5.91 Å². The zero-order valence-electron chi connectivity index (χ0n) is 19.8. The molecule has 8 heteroatoms. The van der Waals surface area contributed by atoms with Crippen LogP contribution in [-0.4, -0.2) is 22.4 Å². The van der Waals surface area contributed by atoms with Gasteiger partial charge in [-0.3, -0.25) is 19.8 Å². The number of aryl methyl sites for hydroxylation is 4. The third-order valence-electron chi connectivity index (χ3n) is 5.81. The molecule has 4 aromatic rings. The van der Waals surface area contributed by atoms with Gasteiger partial charge in [-0.1, -0.05) is 35.4 Å². The van der Waals surface area contributed by atoms with Crippen molar-refractivity contribution in [2.75, 3.05) is 16.1 Å². The molecule has 35 heavy (non-hydrogen) atoms. The average Bonchev–Trinajstić information content (AvgIpc) is 3.15. The highest BCUT2D eigenvalue weighted by molar-refractivity contribution is 6.42. The molecule has 0 aliphatic carbocycles. The highest BCUT2D eigenvalue weighted by atomic mass is 35.5. The lowest BCUT2D eigenvalue weighted by Gasteiger charge is -2.14. The van der Waals surface area contributed by atoms with Gasteiger partial charge in [-0.2, -0.15) is 0 Å². The number of carbonyl (C=O) groups is 3. The predicted molar refractivity (Wildman–Crippen MR) is 140 cm³/mol. The average molecular weight is 489 g/mol. The Morgan fingerprint density at radius 1 is 0.743 bits per heavy atom. The van der Waals surface area contributed by atoms with Crippen molar-refractivity contribution in [3.8, 4) is 0 Å². The molecule has 1 aromatic heterocycles. The summed E-state index contributed by atoms with van der Waals surface area (Å²) in [6.07, 6.45) is 0. The van der Waals surface area contributed by atoms with E-state index >= 15 is 0 Å². The van der Waals surface area contributed by atoms with Crippen molar-refractivity contribution in [1.29, 1.82) is 0 Å². The minimum absolute atomic E-state index is 0.148. The van der Waals surface area contributed by atoms with E-state index in [0.717, 1.165) is 22.3 Å². The van der Waals surface area contributed by atoms with Crippen LogP contribution in [0.5, 0.6) is 0 Å². The maximum Gasteiger partial charge on any atom is 0.328 e. The van der Waals surface area contributed by atoms with Gasteiger partial charge in [-0.25, -0.2) is 4.68 Å². The first kappa shape index (κ1) is 24.0. The first-order valence-corrected chi connectivity index (χ1v) is 11.4.